The summed E-state index contributed by atoms with van der Waals surface area (Å²) in [4.78, 5) is 3.68. The van der Waals surface area contributed by atoms with E-state index in [0.717, 1.165) is 17.8 Å². The number of rotatable bonds is 2. The Balaban J connectivity index is 1.54. The minimum absolute atomic E-state index is 0.856. The zero-order valence-electron chi connectivity index (χ0n) is 20.7. The van der Waals surface area contributed by atoms with Gasteiger partial charge in [0, 0.05) is 19.2 Å². The summed E-state index contributed by atoms with van der Waals surface area (Å²) in [7, 11) is 0. The average molecular weight is 471 g/mol. The van der Waals surface area contributed by atoms with Crippen LogP contribution in [0.5, 0.6) is 0 Å². The fourth-order valence-electron chi connectivity index (χ4n) is 7.19. The van der Waals surface area contributed by atoms with E-state index in [9.17, 15) is 0 Å². The standard InChI is InChI=1S/C30H46S2/c1-2-25-27(23-17-11-7-3-4-8-12-18-23)31-30-26-21-22-15-10-6-5-9-13-19-24(20-14-16-22)28(26)32-29(25)30/h22-24H,2-21H2,1H3. The average Bonchev–Trinajstić information content (AvgIpc) is 3.33. The van der Waals surface area contributed by atoms with Crippen LogP contribution in [-0.2, 0) is 12.8 Å². The summed E-state index contributed by atoms with van der Waals surface area (Å²) in [6, 6.07) is 0. The molecule has 2 aromatic rings. The van der Waals surface area contributed by atoms with Crippen LogP contribution in [-0.4, -0.2) is 0 Å². The van der Waals surface area contributed by atoms with Gasteiger partial charge in [0.2, 0.25) is 0 Å². The van der Waals surface area contributed by atoms with Crippen molar-refractivity contribution in [2.75, 3.05) is 0 Å². The van der Waals surface area contributed by atoms with Gasteiger partial charge in [-0.25, -0.2) is 0 Å². The first-order chi connectivity index (χ1) is 15.8. The maximum atomic E-state index is 2.44. The van der Waals surface area contributed by atoms with Gasteiger partial charge in [0.1, 0.15) is 0 Å². The summed E-state index contributed by atoms with van der Waals surface area (Å²) in [6.45, 7) is 2.44. The molecule has 0 amide bonds. The van der Waals surface area contributed by atoms with Gasteiger partial charge < -0.3 is 0 Å². The van der Waals surface area contributed by atoms with Crippen LogP contribution in [0.3, 0.4) is 0 Å². The van der Waals surface area contributed by atoms with Gasteiger partial charge in [-0.1, -0.05) is 96.8 Å². The first kappa shape index (κ1) is 23.4. The number of aryl methyl sites for hydroxylation is 1. The van der Waals surface area contributed by atoms with Gasteiger partial charge in [0.15, 0.2) is 0 Å². The van der Waals surface area contributed by atoms with E-state index in [0.29, 0.717) is 0 Å². The molecule has 2 unspecified atom stereocenters. The highest BCUT2D eigenvalue weighted by molar-refractivity contribution is 7.28. The molecule has 2 fully saturated rings. The van der Waals surface area contributed by atoms with Crippen LogP contribution in [0.1, 0.15) is 155 Å². The van der Waals surface area contributed by atoms with Crippen molar-refractivity contribution in [1.82, 2.24) is 0 Å². The van der Waals surface area contributed by atoms with Gasteiger partial charge in [-0.05, 0) is 67.4 Å². The lowest BCUT2D eigenvalue weighted by molar-refractivity contribution is 0.369. The van der Waals surface area contributed by atoms with E-state index in [1.807, 2.05) is 15.3 Å². The van der Waals surface area contributed by atoms with Gasteiger partial charge in [0.05, 0.1) is 0 Å². The third kappa shape index (κ3) is 5.17. The zero-order chi connectivity index (χ0) is 21.8. The molecule has 32 heavy (non-hydrogen) atoms. The molecule has 178 valence electrons. The summed E-state index contributed by atoms with van der Waals surface area (Å²) in [6.07, 6.45) is 29.1. The van der Waals surface area contributed by atoms with E-state index in [1.54, 1.807) is 15.0 Å². The number of hydrogen-bond acceptors (Lipinski definition) is 2. The quantitative estimate of drug-likeness (QED) is 0.409. The van der Waals surface area contributed by atoms with Crippen LogP contribution in [0.25, 0.3) is 9.40 Å². The molecule has 4 aliphatic rings. The summed E-state index contributed by atoms with van der Waals surface area (Å²) in [5, 5.41) is 0. The molecule has 0 aromatic carbocycles. The minimum atomic E-state index is 0.856. The van der Waals surface area contributed by atoms with Gasteiger partial charge in [-0.15, -0.1) is 22.7 Å². The molecule has 2 saturated carbocycles. The maximum absolute atomic E-state index is 2.44. The molecule has 0 radical (unpaired) electrons. The third-order valence-electron chi connectivity index (χ3n) is 9.05. The molecule has 2 atom stereocenters. The lowest BCUT2D eigenvalue weighted by atomic mass is 9.81. The van der Waals surface area contributed by atoms with Crippen molar-refractivity contribution in [2.45, 2.75) is 147 Å². The molecule has 0 spiro atoms. The Kier molecular flexibility index (Phi) is 8.33. The molecule has 2 bridgehead atoms. The lowest BCUT2D eigenvalue weighted by Gasteiger charge is -2.26. The summed E-state index contributed by atoms with van der Waals surface area (Å²) >= 11 is 4.56. The van der Waals surface area contributed by atoms with Crippen molar-refractivity contribution < 1.29 is 0 Å². The van der Waals surface area contributed by atoms with E-state index in [2.05, 4.69) is 29.6 Å². The number of hydrogen-bond donors (Lipinski definition) is 0. The van der Waals surface area contributed by atoms with E-state index < -0.39 is 0 Å². The van der Waals surface area contributed by atoms with Crippen molar-refractivity contribution in [3.63, 3.8) is 0 Å². The number of fused-ring (bicyclic) bond motifs is 9. The highest BCUT2D eigenvalue weighted by Gasteiger charge is 2.30. The highest BCUT2D eigenvalue weighted by Crippen LogP contribution is 2.51. The van der Waals surface area contributed by atoms with Crippen LogP contribution in [0.15, 0.2) is 0 Å². The second-order valence-electron chi connectivity index (χ2n) is 11.3. The Hall–Kier alpha value is -0.340. The first-order valence-corrected chi connectivity index (χ1v) is 16.0. The normalized spacial score (nSPS) is 27.0. The molecule has 2 heteroatoms. The topological polar surface area (TPSA) is 0 Å². The van der Waals surface area contributed by atoms with Crippen LogP contribution >= 0.6 is 22.7 Å². The van der Waals surface area contributed by atoms with Crippen molar-refractivity contribution in [3.05, 3.63) is 20.9 Å². The van der Waals surface area contributed by atoms with E-state index in [4.69, 9.17) is 0 Å². The minimum Gasteiger partial charge on any atom is -0.138 e. The Morgan fingerprint density at radius 3 is 1.72 bits per heavy atom. The predicted molar refractivity (Wildman–Crippen MR) is 145 cm³/mol. The molecule has 6 rings (SSSR count). The van der Waals surface area contributed by atoms with Gasteiger partial charge in [-0.2, -0.15) is 0 Å². The zero-order valence-corrected chi connectivity index (χ0v) is 22.3. The van der Waals surface area contributed by atoms with E-state index in [1.165, 1.54) is 128 Å². The van der Waals surface area contributed by atoms with Gasteiger partial charge in [-0.3, -0.25) is 0 Å². The lowest BCUT2D eigenvalue weighted by Crippen LogP contribution is -2.12. The molecule has 4 aliphatic carbocycles. The predicted octanol–water partition coefficient (Wildman–Crippen LogP) is 10.9. The molecular weight excluding hydrogens is 424 g/mol. The maximum Gasteiger partial charge on any atom is 0.0491 e. The molecule has 2 aromatic heterocycles. The molecule has 0 N–H and O–H groups in total. The fraction of sp³-hybridized carbons (Fsp3) is 0.800. The van der Waals surface area contributed by atoms with Crippen LogP contribution in [0.4, 0.5) is 0 Å². The summed E-state index contributed by atoms with van der Waals surface area (Å²) < 4.78 is 3.52. The van der Waals surface area contributed by atoms with Crippen LogP contribution in [0.2, 0.25) is 0 Å². The van der Waals surface area contributed by atoms with Gasteiger partial charge >= 0.3 is 0 Å². The monoisotopic (exact) mass is 470 g/mol. The second-order valence-corrected chi connectivity index (χ2v) is 13.4. The Morgan fingerprint density at radius 1 is 0.562 bits per heavy atom. The van der Waals surface area contributed by atoms with Crippen molar-refractivity contribution >= 4 is 32.1 Å². The van der Waals surface area contributed by atoms with Crippen LogP contribution in [0, 0.1) is 5.92 Å². The second kappa shape index (κ2) is 11.4. The summed E-state index contributed by atoms with van der Waals surface area (Å²) in [5.41, 5.74) is 3.64. The molecule has 0 aliphatic heterocycles. The third-order valence-corrected chi connectivity index (χ3v) is 12.1. The van der Waals surface area contributed by atoms with E-state index >= 15 is 0 Å². The van der Waals surface area contributed by atoms with Crippen LogP contribution < -0.4 is 0 Å². The SMILES string of the molecule is CCc1c(C2CCCCCCCC2)sc2c3c(sc12)C1CCCCCCCC(CCC1)C3. The largest absolute Gasteiger partial charge is 0.138 e. The molecule has 2 heterocycles. The molecule has 0 nitrogen and oxygen atoms in total. The smallest absolute Gasteiger partial charge is 0.0491 e. The number of thiophene rings is 2. The van der Waals surface area contributed by atoms with Crippen molar-refractivity contribution in [1.29, 1.82) is 0 Å². The Labute approximate surface area is 205 Å². The van der Waals surface area contributed by atoms with E-state index in [-0.39, 0.29) is 0 Å². The van der Waals surface area contributed by atoms with Crippen molar-refractivity contribution in [2.24, 2.45) is 5.92 Å². The van der Waals surface area contributed by atoms with Gasteiger partial charge in [0.25, 0.3) is 0 Å². The highest BCUT2D eigenvalue weighted by atomic mass is 32.1. The Morgan fingerprint density at radius 2 is 1.06 bits per heavy atom. The summed E-state index contributed by atoms with van der Waals surface area (Å²) in [5.74, 6) is 2.68. The molecular formula is C30H46S2. The molecule has 0 saturated heterocycles. The van der Waals surface area contributed by atoms with Crippen molar-refractivity contribution in [3.8, 4) is 0 Å². The first-order valence-electron chi connectivity index (χ1n) is 14.4. The Bertz CT molecular complexity index is 846. The fourth-order valence-corrected chi connectivity index (χ4v) is 10.6.